The van der Waals surface area contributed by atoms with E-state index in [0.717, 1.165) is 22.3 Å². The van der Waals surface area contributed by atoms with Gasteiger partial charge in [-0.05, 0) is 104 Å². The van der Waals surface area contributed by atoms with Gasteiger partial charge >= 0.3 is 12.1 Å². The van der Waals surface area contributed by atoms with Crippen LogP contribution in [0.4, 0.5) is 4.79 Å². The first kappa shape index (κ1) is 39.8. The molecular weight excluding hydrogens is 676 g/mol. The first-order valence-electron chi connectivity index (χ1n) is 18.6. The van der Waals surface area contributed by atoms with Gasteiger partial charge in [0, 0.05) is 25.4 Å². The van der Waals surface area contributed by atoms with Crippen molar-refractivity contribution >= 4 is 29.8 Å². The van der Waals surface area contributed by atoms with E-state index in [-0.39, 0.29) is 25.5 Å². The van der Waals surface area contributed by atoms with Crippen molar-refractivity contribution < 1.29 is 38.2 Å². The highest BCUT2D eigenvalue weighted by molar-refractivity contribution is 5.98. The minimum Gasteiger partial charge on any atom is -0.458 e. The van der Waals surface area contributed by atoms with Gasteiger partial charge in [-0.2, -0.15) is 0 Å². The smallest absolute Gasteiger partial charge is 0.408 e. The Morgan fingerprint density at radius 2 is 1.26 bits per heavy atom. The minimum absolute atomic E-state index is 0.0787. The topological polar surface area (TPSA) is 144 Å². The molecular formula is C41H56N4O8. The lowest BCUT2D eigenvalue weighted by Crippen LogP contribution is -2.63. The molecule has 2 aromatic carbocycles. The molecule has 12 heteroatoms. The number of carbonyl (C=O) groups excluding carboxylic acids is 5. The SMILES string of the molecule is CC(C)(C)OC(=O)[C@@H]1CCCN1C(=O)C(C)(C)NC(=O)[C@@H]1C[C@@H](OC(C)(C)C)CN1C(=O)C(C)(C)NC(=O)OCC1c2ccccc2-c2ccccc21. The Labute approximate surface area is 313 Å². The zero-order chi connectivity index (χ0) is 39.1. The van der Waals surface area contributed by atoms with Gasteiger partial charge in [0.1, 0.15) is 35.4 Å². The second-order valence-corrected chi connectivity index (χ2v) is 17.4. The summed E-state index contributed by atoms with van der Waals surface area (Å²) in [4.78, 5) is 71.3. The summed E-state index contributed by atoms with van der Waals surface area (Å²) < 4.78 is 17.6. The monoisotopic (exact) mass is 732 g/mol. The molecule has 2 aromatic rings. The van der Waals surface area contributed by atoms with Gasteiger partial charge in [0.2, 0.25) is 17.7 Å². The molecule has 53 heavy (non-hydrogen) atoms. The number of nitrogens with one attached hydrogen (secondary N) is 2. The Balaban J connectivity index is 1.27. The average molecular weight is 733 g/mol. The fourth-order valence-electron chi connectivity index (χ4n) is 7.59. The maximum atomic E-state index is 14.3. The molecule has 2 N–H and O–H groups in total. The molecule has 12 nitrogen and oxygen atoms in total. The molecule has 2 aliphatic heterocycles. The van der Waals surface area contributed by atoms with Crippen LogP contribution in [0.15, 0.2) is 48.5 Å². The summed E-state index contributed by atoms with van der Waals surface area (Å²) in [6, 6.07) is 14.3. The third-order valence-electron chi connectivity index (χ3n) is 9.80. The number of hydrogen-bond donors (Lipinski definition) is 2. The van der Waals surface area contributed by atoms with Gasteiger partial charge in [0.15, 0.2) is 0 Å². The molecule has 2 saturated heterocycles. The summed E-state index contributed by atoms with van der Waals surface area (Å²) in [7, 11) is 0. The predicted octanol–water partition coefficient (Wildman–Crippen LogP) is 5.32. The first-order chi connectivity index (χ1) is 24.6. The summed E-state index contributed by atoms with van der Waals surface area (Å²) in [6.07, 6.45) is 0.0402. The molecule has 0 unspecified atom stereocenters. The van der Waals surface area contributed by atoms with Crippen molar-refractivity contribution in [1.29, 1.82) is 0 Å². The molecule has 1 aliphatic carbocycles. The molecule has 0 radical (unpaired) electrons. The highest BCUT2D eigenvalue weighted by Crippen LogP contribution is 2.44. The fraction of sp³-hybridized carbons (Fsp3) is 0.585. The van der Waals surface area contributed by atoms with Crippen LogP contribution in [0.1, 0.15) is 106 Å². The van der Waals surface area contributed by atoms with Crippen LogP contribution in [-0.4, -0.2) is 99.7 Å². The van der Waals surface area contributed by atoms with Gasteiger partial charge in [-0.25, -0.2) is 9.59 Å². The second-order valence-electron chi connectivity index (χ2n) is 17.4. The third-order valence-corrected chi connectivity index (χ3v) is 9.80. The molecule has 5 rings (SSSR count). The van der Waals surface area contributed by atoms with E-state index in [4.69, 9.17) is 14.2 Å². The number of nitrogens with zero attached hydrogens (tertiary/aromatic N) is 2. The largest absolute Gasteiger partial charge is 0.458 e. The van der Waals surface area contributed by atoms with Crippen molar-refractivity contribution in [2.24, 2.45) is 0 Å². The van der Waals surface area contributed by atoms with Gasteiger partial charge < -0.3 is 34.6 Å². The van der Waals surface area contributed by atoms with Gasteiger partial charge in [-0.1, -0.05) is 48.5 Å². The summed E-state index contributed by atoms with van der Waals surface area (Å²) >= 11 is 0. The number of likely N-dealkylation sites (tertiary alicyclic amines) is 2. The summed E-state index contributed by atoms with van der Waals surface area (Å²) in [5.74, 6) is -2.09. The van der Waals surface area contributed by atoms with Crippen LogP contribution < -0.4 is 10.6 Å². The first-order valence-corrected chi connectivity index (χ1v) is 18.6. The molecule has 0 saturated carbocycles. The van der Waals surface area contributed by atoms with Crippen LogP contribution in [0, 0.1) is 0 Å². The summed E-state index contributed by atoms with van der Waals surface area (Å²) in [5, 5.41) is 5.60. The highest BCUT2D eigenvalue weighted by atomic mass is 16.6. The maximum absolute atomic E-state index is 14.3. The lowest BCUT2D eigenvalue weighted by atomic mass is 9.98. The van der Waals surface area contributed by atoms with Crippen molar-refractivity contribution in [2.45, 2.75) is 135 Å². The Kier molecular flexibility index (Phi) is 11.1. The zero-order valence-electron chi connectivity index (χ0n) is 32.8. The lowest BCUT2D eigenvalue weighted by molar-refractivity contribution is -0.164. The number of carbonyl (C=O) groups is 5. The van der Waals surface area contributed by atoms with E-state index in [1.807, 2.05) is 57.2 Å². The van der Waals surface area contributed by atoms with E-state index >= 15 is 0 Å². The van der Waals surface area contributed by atoms with Crippen LogP contribution >= 0.6 is 0 Å². The number of amides is 4. The Hall–Kier alpha value is -4.45. The second kappa shape index (κ2) is 14.8. The minimum atomic E-state index is -1.46. The van der Waals surface area contributed by atoms with E-state index in [2.05, 4.69) is 22.8 Å². The average Bonchev–Trinajstić information content (AvgIpc) is 3.77. The number of hydrogen-bond acceptors (Lipinski definition) is 8. The Morgan fingerprint density at radius 1 is 0.717 bits per heavy atom. The van der Waals surface area contributed by atoms with Crippen molar-refractivity contribution in [3.63, 3.8) is 0 Å². The van der Waals surface area contributed by atoms with Crippen LogP contribution in [0.3, 0.4) is 0 Å². The quantitative estimate of drug-likeness (QED) is 0.330. The molecule has 0 aromatic heterocycles. The number of fused-ring (bicyclic) bond motifs is 3. The highest BCUT2D eigenvalue weighted by Gasteiger charge is 2.49. The van der Waals surface area contributed by atoms with E-state index in [0.29, 0.717) is 19.4 Å². The number of esters is 1. The maximum Gasteiger partial charge on any atom is 0.408 e. The van der Waals surface area contributed by atoms with E-state index in [9.17, 15) is 24.0 Å². The van der Waals surface area contributed by atoms with Crippen molar-refractivity contribution in [2.75, 3.05) is 19.7 Å². The summed E-state index contributed by atoms with van der Waals surface area (Å²) in [5.41, 5.74) is 0.209. The molecule has 3 atom stereocenters. The van der Waals surface area contributed by atoms with Crippen LogP contribution in [0.2, 0.25) is 0 Å². The molecule has 0 spiro atoms. The fourth-order valence-corrected chi connectivity index (χ4v) is 7.59. The summed E-state index contributed by atoms with van der Waals surface area (Å²) in [6.45, 7) is 17.9. The Morgan fingerprint density at radius 3 is 1.83 bits per heavy atom. The van der Waals surface area contributed by atoms with Gasteiger partial charge in [0.25, 0.3) is 0 Å². The zero-order valence-corrected chi connectivity index (χ0v) is 32.8. The van der Waals surface area contributed by atoms with Crippen LogP contribution in [0.5, 0.6) is 0 Å². The normalized spacial score (nSPS) is 20.5. The van der Waals surface area contributed by atoms with Gasteiger partial charge in [-0.15, -0.1) is 0 Å². The molecule has 2 heterocycles. The lowest BCUT2D eigenvalue weighted by Gasteiger charge is -2.36. The van der Waals surface area contributed by atoms with Gasteiger partial charge in [-0.3, -0.25) is 14.4 Å². The predicted molar refractivity (Wildman–Crippen MR) is 200 cm³/mol. The molecule has 288 valence electrons. The van der Waals surface area contributed by atoms with Crippen molar-refractivity contribution in [3.8, 4) is 11.1 Å². The van der Waals surface area contributed by atoms with Gasteiger partial charge in [0.05, 0.1) is 11.7 Å². The molecule has 3 aliphatic rings. The van der Waals surface area contributed by atoms with E-state index in [1.54, 1.807) is 48.5 Å². The number of rotatable bonds is 9. The van der Waals surface area contributed by atoms with Crippen LogP contribution in [-0.2, 0) is 33.4 Å². The number of alkyl carbamates (subject to hydrolysis) is 1. The number of benzene rings is 2. The molecule has 2 fully saturated rings. The van der Waals surface area contributed by atoms with E-state index in [1.165, 1.54) is 9.80 Å². The Bertz CT molecular complexity index is 1690. The molecule has 0 bridgehead atoms. The van der Waals surface area contributed by atoms with Crippen LogP contribution in [0.25, 0.3) is 11.1 Å². The number of ether oxygens (including phenoxy) is 3. The van der Waals surface area contributed by atoms with Crippen molar-refractivity contribution in [3.05, 3.63) is 59.7 Å². The third kappa shape index (κ3) is 9.03. The standard InChI is InChI=1S/C41H56N4O8/c1-38(2,3)52-25-22-32(33(46)42-40(7,8)35(48)44-21-15-20-31(44)34(47)53-39(4,5)6)45(23-25)36(49)41(9,10)43-37(50)51-24-30-28-18-13-11-16-26(28)27-17-12-14-19-29(27)30/h11-14,16-19,25,30-32H,15,20-24H2,1-10H3,(H,42,46)(H,43,50)/t25-,31+,32+/m1/s1. The molecule has 4 amide bonds. The van der Waals surface area contributed by atoms with E-state index < -0.39 is 70.3 Å². The van der Waals surface area contributed by atoms with Crippen molar-refractivity contribution in [1.82, 2.24) is 20.4 Å².